The SMILES string of the molecule is Cc1ccc(-n2nnnc2SCC(=O)NC2CCCCCC2)cc1C. The van der Waals surface area contributed by atoms with Gasteiger partial charge in [-0.15, -0.1) is 5.10 Å². The number of thioether (sulfide) groups is 1. The van der Waals surface area contributed by atoms with Crippen LogP contribution in [0.15, 0.2) is 23.4 Å². The van der Waals surface area contributed by atoms with E-state index < -0.39 is 0 Å². The minimum Gasteiger partial charge on any atom is -0.353 e. The zero-order valence-electron chi connectivity index (χ0n) is 14.9. The molecule has 0 radical (unpaired) electrons. The number of hydrogen-bond donors (Lipinski definition) is 1. The van der Waals surface area contributed by atoms with Crippen LogP contribution in [0.2, 0.25) is 0 Å². The first-order valence-electron chi connectivity index (χ1n) is 8.91. The monoisotopic (exact) mass is 359 g/mol. The summed E-state index contributed by atoms with van der Waals surface area (Å²) in [6.07, 6.45) is 7.18. The summed E-state index contributed by atoms with van der Waals surface area (Å²) in [4.78, 5) is 12.3. The lowest BCUT2D eigenvalue weighted by atomic mass is 10.1. The Balaban J connectivity index is 1.59. The molecule has 7 heteroatoms. The number of aromatic nitrogens is 4. The standard InChI is InChI=1S/C18H25N5OS/c1-13-9-10-16(11-14(13)2)23-18(20-21-22-23)25-12-17(24)19-15-7-5-3-4-6-8-15/h9-11,15H,3-8,12H2,1-2H3,(H,19,24). The molecule has 1 amide bonds. The van der Waals surface area contributed by atoms with Gasteiger partial charge in [0, 0.05) is 6.04 Å². The number of nitrogens with one attached hydrogen (secondary N) is 1. The number of carbonyl (C=O) groups excluding carboxylic acids is 1. The van der Waals surface area contributed by atoms with Crippen LogP contribution in [0.1, 0.15) is 49.7 Å². The first kappa shape index (κ1) is 17.9. The third kappa shape index (κ3) is 4.81. The maximum absolute atomic E-state index is 12.3. The summed E-state index contributed by atoms with van der Waals surface area (Å²) >= 11 is 1.38. The molecule has 0 atom stereocenters. The van der Waals surface area contributed by atoms with Crippen molar-refractivity contribution in [2.45, 2.75) is 63.6 Å². The van der Waals surface area contributed by atoms with Crippen molar-refractivity contribution in [1.82, 2.24) is 25.5 Å². The van der Waals surface area contributed by atoms with Gasteiger partial charge in [-0.3, -0.25) is 4.79 Å². The molecule has 1 heterocycles. The lowest BCUT2D eigenvalue weighted by Crippen LogP contribution is -2.35. The molecule has 3 rings (SSSR count). The fourth-order valence-corrected chi connectivity index (χ4v) is 3.81. The molecule has 0 spiro atoms. The fraction of sp³-hybridized carbons (Fsp3) is 0.556. The summed E-state index contributed by atoms with van der Waals surface area (Å²) in [6.45, 7) is 4.14. The molecule has 1 aromatic heterocycles. The molecule has 0 aliphatic heterocycles. The summed E-state index contributed by atoms with van der Waals surface area (Å²) in [5.41, 5.74) is 3.34. The van der Waals surface area contributed by atoms with Crippen LogP contribution in [0.5, 0.6) is 0 Å². The molecule has 0 saturated heterocycles. The number of carbonyl (C=O) groups is 1. The van der Waals surface area contributed by atoms with Crippen molar-refractivity contribution in [1.29, 1.82) is 0 Å². The summed E-state index contributed by atoms with van der Waals surface area (Å²) < 4.78 is 1.69. The molecule has 0 unspecified atom stereocenters. The van der Waals surface area contributed by atoms with E-state index in [1.54, 1.807) is 4.68 Å². The Morgan fingerprint density at radius 1 is 1.20 bits per heavy atom. The van der Waals surface area contributed by atoms with E-state index in [9.17, 15) is 4.79 Å². The Morgan fingerprint density at radius 2 is 1.96 bits per heavy atom. The number of hydrogen-bond acceptors (Lipinski definition) is 5. The Morgan fingerprint density at radius 3 is 2.68 bits per heavy atom. The van der Waals surface area contributed by atoms with Gasteiger partial charge in [-0.05, 0) is 60.4 Å². The highest BCUT2D eigenvalue weighted by atomic mass is 32.2. The predicted octanol–water partition coefficient (Wildman–Crippen LogP) is 3.21. The Labute approximate surface area is 152 Å². The van der Waals surface area contributed by atoms with Crippen molar-refractivity contribution in [3.63, 3.8) is 0 Å². The third-order valence-corrected chi connectivity index (χ3v) is 5.65. The molecule has 6 nitrogen and oxygen atoms in total. The van der Waals surface area contributed by atoms with Gasteiger partial charge in [-0.2, -0.15) is 4.68 Å². The van der Waals surface area contributed by atoms with Crippen molar-refractivity contribution in [2.75, 3.05) is 5.75 Å². The van der Waals surface area contributed by atoms with E-state index in [0.717, 1.165) is 18.5 Å². The Kier molecular flexibility index (Phi) is 6.07. The predicted molar refractivity (Wildman–Crippen MR) is 99.0 cm³/mol. The molecule has 2 aromatic rings. The number of nitrogens with zero attached hydrogens (tertiary/aromatic N) is 4. The van der Waals surface area contributed by atoms with Gasteiger partial charge in [-0.1, -0.05) is 43.5 Å². The average molecular weight is 359 g/mol. The molecule has 25 heavy (non-hydrogen) atoms. The zero-order chi connectivity index (χ0) is 17.6. The molecule has 1 aliphatic carbocycles. The maximum atomic E-state index is 12.3. The van der Waals surface area contributed by atoms with Crippen LogP contribution >= 0.6 is 11.8 Å². The van der Waals surface area contributed by atoms with Crippen LogP contribution in [0.25, 0.3) is 5.69 Å². The van der Waals surface area contributed by atoms with Crippen molar-refractivity contribution >= 4 is 17.7 Å². The van der Waals surface area contributed by atoms with Gasteiger partial charge in [0.2, 0.25) is 11.1 Å². The van der Waals surface area contributed by atoms with E-state index in [4.69, 9.17) is 0 Å². The van der Waals surface area contributed by atoms with Crippen molar-refractivity contribution in [2.24, 2.45) is 0 Å². The second kappa shape index (κ2) is 8.47. The van der Waals surface area contributed by atoms with E-state index in [1.165, 1.54) is 48.6 Å². The summed E-state index contributed by atoms with van der Waals surface area (Å²) in [7, 11) is 0. The van der Waals surface area contributed by atoms with Crippen LogP contribution in [0, 0.1) is 13.8 Å². The molecule has 0 bridgehead atoms. The van der Waals surface area contributed by atoms with Crippen LogP contribution in [0.4, 0.5) is 0 Å². The van der Waals surface area contributed by atoms with Gasteiger partial charge in [0.1, 0.15) is 0 Å². The van der Waals surface area contributed by atoms with Crippen LogP contribution < -0.4 is 5.32 Å². The topological polar surface area (TPSA) is 72.7 Å². The van der Waals surface area contributed by atoms with Gasteiger partial charge in [0.15, 0.2) is 0 Å². The van der Waals surface area contributed by atoms with E-state index in [1.807, 2.05) is 6.07 Å². The van der Waals surface area contributed by atoms with Crippen LogP contribution in [0.3, 0.4) is 0 Å². The normalized spacial score (nSPS) is 15.8. The molecule has 1 aliphatic rings. The summed E-state index contributed by atoms with van der Waals surface area (Å²) in [5, 5.41) is 15.7. The first-order valence-corrected chi connectivity index (χ1v) is 9.90. The zero-order valence-corrected chi connectivity index (χ0v) is 15.7. The molecular formula is C18H25N5OS. The Hall–Kier alpha value is -1.89. The largest absolute Gasteiger partial charge is 0.353 e. The maximum Gasteiger partial charge on any atom is 0.230 e. The number of benzene rings is 1. The van der Waals surface area contributed by atoms with Crippen LogP contribution in [-0.4, -0.2) is 37.9 Å². The van der Waals surface area contributed by atoms with Gasteiger partial charge in [0.25, 0.3) is 0 Å². The first-order chi connectivity index (χ1) is 12.1. The van der Waals surface area contributed by atoms with Crippen LogP contribution in [-0.2, 0) is 4.79 Å². The lowest BCUT2D eigenvalue weighted by molar-refractivity contribution is -0.119. The van der Waals surface area contributed by atoms with Crippen molar-refractivity contribution < 1.29 is 4.79 Å². The second-order valence-electron chi connectivity index (χ2n) is 6.69. The Bertz CT molecular complexity index is 722. The van der Waals surface area contributed by atoms with Crippen molar-refractivity contribution in [3.8, 4) is 5.69 Å². The molecular weight excluding hydrogens is 334 g/mol. The van der Waals surface area contributed by atoms with Crippen molar-refractivity contribution in [3.05, 3.63) is 29.3 Å². The minimum absolute atomic E-state index is 0.0616. The van der Waals surface area contributed by atoms with Gasteiger partial charge in [0.05, 0.1) is 11.4 Å². The lowest BCUT2D eigenvalue weighted by Gasteiger charge is -2.15. The number of rotatable bonds is 5. The molecule has 1 saturated carbocycles. The fourth-order valence-electron chi connectivity index (χ4n) is 3.11. The summed E-state index contributed by atoms with van der Waals surface area (Å²) in [6, 6.07) is 6.43. The highest BCUT2D eigenvalue weighted by Gasteiger charge is 2.16. The number of aryl methyl sites for hydroxylation is 2. The minimum atomic E-state index is 0.0616. The summed E-state index contributed by atoms with van der Waals surface area (Å²) in [5.74, 6) is 0.397. The highest BCUT2D eigenvalue weighted by molar-refractivity contribution is 7.99. The number of amides is 1. The third-order valence-electron chi connectivity index (χ3n) is 4.73. The molecule has 1 aromatic carbocycles. The van der Waals surface area contributed by atoms with E-state index >= 15 is 0 Å². The quantitative estimate of drug-likeness (QED) is 0.655. The smallest absolute Gasteiger partial charge is 0.230 e. The molecule has 1 fully saturated rings. The second-order valence-corrected chi connectivity index (χ2v) is 7.63. The van der Waals surface area contributed by atoms with E-state index in [0.29, 0.717) is 17.0 Å². The van der Waals surface area contributed by atoms with E-state index in [-0.39, 0.29) is 5.91 Å². The molecule has 1 N–H and O–H groups in total. The van der Waals surface area contributed by atoms with E-state index in [2.05, 4.69) is 46.8 Å². The molecule has 134 valence electrons. The van der Waals surface area contributed by atoms with Gasteiger partial charge in [-0.25, -0.2) is 0 Å². The average Bonchev–Trinajstić information content (AvgIpc) is 2.92. The number of tetrazole rings is 1. The highest BCUT2D eigenvalue weighted by Crippen LogP contribution is 2.21. The van der Waals surface area contributed by atoms with Gasteiger partial charge < -0.3 is 5.32 Å². The van der Waals surface area contributed by atoms with Gasteiger partial charge >= 0.3 is 0 Å².